The molecule has 2 heterocycles. The Morgan fingerprint density at radius 3 is 2.30 bits per heavy atom. The van der Waals surface area contributed by atoms with Gasteiger partial charge in [0.2, 0.25) is 0 Å². The van der Waals surface area contributed by atoms with Crippen molar-refractivity contribution in [1.29, 1.82) is 10.8 Å². The average molecular weight is 360 g/mol. The first-order chi connectivity index (χ1) is 12.9. The number of aromatic nitrogens is 2. The van der Waals surface area contributed by atoms with Gasteiger partial charge in [-0.05, 0) is 42.5 Å². The lowest BCUT2D eigenvalue weighted by atomic mass is 10.1. The van der Waals surface area contributed by atoms with Crippen molar-refractivity contribution >= 4 is 22.7 Å². The zero-order valence-corrected chi connectivity index (χ0v) is 14.1. The maximum Gasteiger partial charge on any atom is 0.174 e. The third kappa shape index (κ3) is 2.89. The van der Waals surface area contributed by atoms with E-state index in [0.29, 0.717) is 34.0 Å². The molecule has 0 aliphatic heterocycles. The summed E-state index contributed by atoms with van der Waals surface area (Å²) < 4.78 is 5.84. The lowest BCUT2D eigenvalue weighted by Gasteiger charge is -2.04. The van der Waals surface area contributed by atoms with Crippen LogP contribution in [0.25, 0.3) is 33.9 Å². The monoisotopic (exact) mass is 360 g/mol. The molecule has 4 rings (SSSR count). The highest BCUT2D eigenvalue weighted by atomic mass is 16.3. The summed E-state index contributed by atoms with van der Waals surface area (Å²) in [4.78, 5) is 7.63. The van der Waals surface area contributed by atoms with Crippen LogP contribution in [0.1, 0.15) is 11.1 Å². The maximum absolute atomic E-state index is 10.2. The number of rotatable bonds is 4. The second-order valence-corrected chi connectivity index (χ2v) is 6.04. The number of phenols is 1. The van der Waals surface area contributed by atoms with Gasteiger partial charge in [0, 0.05) is 11.1 Å². The zero-order chi connectivity index (χ0) is 19.1. The fourth-order valence-corrected chi connectivity index (χ4v) is 2.81. The number of hydrogen-bond acceptors (Lipinski definition) is 5. The Bertz CT molecular complexity index is 1200. The number of hydrogen-bond donors (Lipinski definition) is 6. The molecule has 8 N–H and O–H groups in total. The number of amidine groups is 2. The highest BCUT2D eigenvalue weighted by Crippen LogP contribution is 2.34. The van der Waals surface area contributed by atoms with Crippen molar-refractivity contribution in [3.05, 3.63) is 59.7 Å². The van der Waals surface area contributed by atoms with Gasteiger partial charge < -0.3 is 26.0 Å². The number of fused-ring (bicyclic) bond motifs is 1. The maximum atomic E-state index is 10.2. The van der Waals surface area contributed by atoms with Gasteiger partial charge in [-0.25, -0.2) is 4.98 Å². The van der Waals surface area contributed by atoms with Crippen molar-refractivity contribution in [2.45, 2.75) is 0 Å². The number of nitrogen functional groups attached to an aromatic ring is 2. The molecule has 0 bridgehead atoms. The quantitative estimate of drug-likeness (QED) is 0.243. The molecule has 0 saturated heterocycles. The Labute approximate surface area is 153 Å². The number of phenolic OH excluding ortho intramolecular Hbond substituents is 1. The molecule has 8 nitrogen and oxygen atoms in total. The summed E-state index contributed by atoms with van der Waals surface area (Å²) in [6.45, 7) is 0. The summed E-state index contributed by atoms with van der Waals surface area (Å²) in [6, 6.07) is 13.5. The Kier molecular flexibility index (Phi) is 3.66. The van der Waals surface area contributed by atoms with E-state index in [1.807, 2.05) is 0 Å². The molecule has 0 aliphatic rings. The SMILES string of the molecule is N=C(N)c1ccc(-c2ccc(-c3nc4ccc(C(=N)N)cc4[nH]3)o2)c(O)c1. The molecule has 0 spiro atoms. The number of nitrogens with zero attached hydrogens (tertiary/aromatic N) is 1. The molecule has 0 atom stereocenters. The Balaban J connectivity index is 1.71. The summed E-state index contributed by atoms with van der Waals surface area (Å²) >= 11 is 0. The van der Waals surface area contributed by atoms with E-state index < -0.39 is 0 Å². The lowest BCUT2D eigenvalue weighted by molar-refractivity contribution is 0.474. The van der Waals surface area contributed by atoms with E-state index in [0.717, 1.165) is 11.0 Å². The molecule has 4 aromatic rings. The van der Waals surface area contributed by atoms with E-state index in [4.69, 9.17) is 26.7 Å². The fraction of sp³-hybridized carbons (Fsp3) is 0. The molecule has 2 aromatic heterocycles. The van der Waals surface area contributed by atoms with Crippen LogP contribution in [0.4, 0.5) is 0 Å². The van der Waals surface area contributed by atoms with Crippen LogP contribution < -0.4 is 11.5 Å². The smallest absolute Gasteiger partial charge is 0.174 e. The van der Waals surface area contributed by atoms with Gasteiger partial charge in [0.05, 0.1) is 16.6 Å². The van der Waals surface area contributed by atoms with Crippen LogP contribution in [0.2, 0.25) is 0 Å². The molecular formula is C19H16N6O2. The molecule has 27 heavy (non-hydrogen) atoms. The van der Waals surface area contributed by atoms with Crippen LogP contribution in [0, 0.1) is 10.8 Å². The first kappa shape index (κ1) is 16.4. The number of imidazole rings is 1. The Hall–Kier alpha value is -4.07. The van der Waals surface area contributed by atoms with Crippen LogP contribution >= 0.6 is 0 Å². The fourth-order valence-electron chi connectivity index (χ4n) is 2.81. The van der Waals surface area contributed by atoms with Crippen LogP contribution in [0.15, 0.2) is 52.9 Å². The van der Waals surface area contributed by atoms with Crippen LogP contribution in [-0.4, -0.2) is 26.7 Å². The summed E-state index contributed by atoms with van der Waals surface area (Å²) in [6.07, 6.45) is 0. The summed E-state index contributed by atoms with van der Waals surface area (Å²) in [5, 5.41) is 25.2. The minimum atomic E-state index is -0.121. The standard InChI is InChI=1S/C19H16N6O2/c20-17(21)9-2-4-12-13(7-9)25-19(24-12)16-6-5-15(27-16)11-3-1-10(18(22)23)8-14(11)26/h1-8,26H,(H3,20,21)(H3,22,23)(H,24,25). The van der Waals surface area contributed by atoms with E-state index in [9.17, 15) is 5.11 Å². The van der Waals surface area contributed by atoms with Gasteiger partial charge >= 0.3 is 0 Å². The number of furan rings is 1. The third-order valence-corrected chi connectivity index (χ3v) is 4.21. The molecule has 8 heteroatoms. The highest BCUT2D eigenvalue weighted by molar-refractivity contribution is 5.98. The highest BCUT2D eigenvalue weighted by Gasteiger charge is 2.14. The Morgan fingerprint density at radius 2 is 1.59 bits per heavy atom. The second-order valence-electron chi connectivity index (χ2n) is 6.04. The van der Waals surface area contributed by atoms with Crippen molar-refractivity contribution < 1.29 is 9.52 Å². The molecule has 2 aromatic carbocycles. The second kappa shape index (κ2) is 6.03. The predicted molar refractivity (Wildman–Crippen MR) is 103 cm³/mol. The van der Waals surface area contributed by atoms with E-state index >= 15 is 0 Å². The average Bonchev–Trinajstić information content (AvgIpc) is 3.27. The molecule has 134 valence electrons. The van der Waals surface area contributed by atoms with E-state index in [1.165, 1.54) is 6.07 Å². The molecule has 0 aliphatic carbocycles. The van der Waals surface area contributed by atoms with Crippen molar-refractivity contribution in [1.82, 2.24) is 9.97 Å². The normalized spacial score (nSPS) is 11.0. The van der Waals surface area contributed by atoms with Crippen molar-refractivity contribution in [3.8, 4) is 28.7 Å². The number of aromatic hydroxyl groups is 1. The van der Waals surface area contributed by atoms with E-state index in [-0.39, 0.29) is 17.4 Å². The van der Waals surface area contributed by atoms with Crippen LogP contribution in [0.5, 0.6) is 5.75 Å². The lowest BCUT2D eigenvalue weighted by Crippen LogP contribution is -2.10. The number of aromatic amines is 1. The van der Waals surface area contributed by atoms with Gasteiger partial charge in [-0.1, -0.05) is 6.07 Å². The van der Waals surface area contributed by atoms with Gasteiger partial charge in [0.25, 0.3) is 0 Å². The first-order valence-electron chi connectivity index (χ1n) is 8.04. The molecule has 0 radical (unpaired) electrons. The van der Waals surface area contributed by atoms with Gasteiger partial charge in [-0.15, -0.1) is 0 Å². The zero-order valence-electron chi connectivity index (χ0n) is 14.1. The molecule has 0 fully saturated rings. The summed E-state index contributed by atoms with van der Waals surface area (Å²) in [5.41, 5.74) is 13.9. The van der Waals surface area contributed by atoms with Crippen molar-refractivity contribution in [3.63, 3.8) is 0 Å². The van der Waals surface area contributed by atoms with Gasteiger partial charge in [-0.2, -0.15) is 0 Å². The van der Waals surface area contributed by atoms with Gasteiger partial charge in [0.15, 0.2) is 11.6 Å². The minimum absolute atomic E-state index is 0.0159. The van der Waals surface area contributed by atoms with Gasteiger partial charge in [0.1, 0.15) is 23.2 Å². The van der Waals surface area contributed by atoms with Crippen LogP contribution in [0.3, 0.4) is 0 Å². The van der Waals surface area contributed by atoms with Crippen LogP contribution in [-0.2, 0) is 0 Å². The summed E-state index contributed by atoms with van der Waals surface area (Å²) in [7, 11) is 0. The van der Waals surface area contributed by atoms with Gasteiger partial charge in [-0.3, -0.25) is 10.8 Å². The molecule has 0 amide bonds. The predicted octanol–water partition coefficient (Wildman–Crippen LogP) is 2.76. The van der Waals surface area contributed by atoms with Crippen molar-refractivity contribution in [2.24, 2.45) is 11.5 Å². The molecule has 0 saturated carbocycles. The first-order valence-corrected chi connectivity index (χ1v) is 8.04. The summed E-state index contributed by atoms with van der Waals surface area (Å²) in [5.74, 6) is 1.32. The number of H-pyrrole nitrogens is 1. The van der Waals surface area contributed by atoms with E-state index in [2.05, 4.69) is 9.97 Å². The number of nitrogens with two attached hydrogens (primary N) is 2. The van der Waals surface area contributed by atoms with E-state index in [1.54, 1.807) is 42.5 Å². The molecule has 0 unspecified atom stereocenters. The molecular weight excluding hydrogens is 344 g/mol. The number of benzene rings is 2. The Morgan fingerprint density at radius 1 is 0.926 bits per heavy atom. The third-order valence-electron chi connectivity index (χ3n) is 4.21. The minimum Gasteiger partial charge on any atom is -0.507 e. The number of nitrogens with one attached hydrogen (secondary N) is 3. The van der Waals surface area contributed by atoms with Crippen molar-refractivity contribution in [2.75, 3.05) is 0 Å². The largest absolute Gasteiger partial charge is 0.507 e. The topological polar surface area (TPSA) is 162 Å².